The van der Waals surface area contributed by atoms with Crippen LogP contribution in [0.5, 0.6) is 11.5 Å². The van der Waals surface area contributed by atoms with Crippen LogP contribution in [-0.2, 0) is 12.8 Å². The number of ether oxygens (including phenoxy) is 2. The Balaban J connectivity index is 1.30. The number of hydrogen-bond acceptors (Lipinski definition) is 7. The van der Waals surface area contributed by atoms with E-state index in [1.54, 1.807) is 17.0 Å². The molecule has 0 fully saturated rings. The second-order valence-corrected chi connectivity index (χ2v) is 9.22. The van der Waals surface area contributed by atoms with Crippen molar-refractivity contribution in [3.8, 4) is 17.2 Å². The van der Waals surface area contributed by atoms with Gasteiger partial charge >= 0.3 is 0 Å². The van der Waals surface area contributed by atoms with Crippen LogP contribution in [0.1, 0.15) is 24.0 Å². The molecule has 4 heterocycles. The Morgan fingerprint density at radius 2 is 1.94 bits per heavy atom. The molecule has 1 aliphatic carbocycles. The zero-order chi connectivity index (χ0) is 24.1. The average molecular weight is 481 g/mol. The second-order valence-electron chi connectivity index (χ2n) is 9.22. The van der Waals surface area contributed by atoms with Crippen molar-refractivity contribution in [3.63, 3.8) is 0 Å². The van der Waals surface area contributed by atoms with E-state index in [1.807, 2.05) is 36.4 Å². The summed E-state index contributed by atoms with van der Waals surface area (Å²) in [5.74, 6) is 1.88. The predicted octanol–water partition coefficient (Wildman–Crippen LogP) is 3.79. The molecule has 9 nitrogen and oxygen atoms in total. The number of para-hydroxylation sites is 2. The molecule has 0 amide bonds. The number of nitrogens with one attached hydrogen (secondary N) is 2. The Morgan fingerprint density at radius 3 is 2.89 bits per heavy atom. The molecule has 36 heavy (non-hydrogen) atoms. The van der Waals surface area contributed by atoms with Crippen molar-refractivity contribution in [2.24, 2.45) is 0 Å². The van der Waals surface area contributed by atoms with Gasteiger partial charge in [0.15, 0.2) is 17.1 Å². The van der Waals surface area contributed by atoms with Crippen LogP contribution in [0.25, 0.3) is 27.6 Å². The van der Waals surface area contributed by atoms with Crippen LogP contribution in [0.3, 0.4) is 0 Å². The van der Waals surface area contributed by atoms with Gasteiger partial charge in [0.2, 0.25) is 5.95 Å². The van der Waals surface area contributed by atoms with Crippen molar-refractivity contribution in [2.45, 2.75) is 31.8 Å². The number of nitrogens with zero attached hydrogens (tertiary/aromatic N) is 4. The number of aromatic nitrogens is 5. The Kier molecular flexibility index (Phi) is 4.87. The summed E-state index contributed by atoms with van der Waals surface area (Å²) < 4.78 is 13.6. The Labute approximate surface area is 206 Å². The molecule has 1 atom stereocenters. The topological polar surface area (TPSA) is 107 Å². The fraction of sp³-hybridized carbons (Fsp3) is 0.259. The predicted molar refractivity (Wildman–Crippen MR) is 136 cm³/mol. The summed E-state index contributed by atoms with van der Waals surface area (Å²) in [6, 6.07) is 13.8. The second kappa shape index (κ2) is 8.37. The highest BCUT2D eigenvalue weighted by Crippen LogP contribution is 2.32. The summed E-state index contributed by atoms with van der Waals surface area (Å²) in [6.07, 6.45) is 7.42. The van der Waals surface area contributed by atoms with E-state index in [0.29, 0.717) is 35.7 Å². The van der Waals surface area contributed by atoms with E-state index in [1.165, 1.54) is 17.5 Å². The number of rotatable bonds is 4. The van der Waals surface area contributed by atoms with Gasteiger partial charge in [0.1, 0.15) is 18.2 Å². The van der Waals surface area contributed by atoms with Crippen LogP contribution in [0.15, 0.2) is 59.7 Å². The van der Waals surface area contributed by atoms with Gasteiger partial charge in [0.05, 0.1) is 23.0 Å². The van der Waals surface area contributed by atoms with Gasteiger partial charge in [0, 0.05) is 12.4 Å². The maximum absolute atomic E-state index is 13.7. The zero-order valence-corrected chi connectivity index (χ0v) is 19.5. The first kappa shape index (κ1) is 20.9. The fourth-order valence-corrected chi connectivity index (χ4v) is 5.23. The molecule has 0 bridgehead atoms. The molecule has 2 N–H and O–H groups in total. The monoisotopic (exact) mass is 480 g/mol. The largest absolute Gasteiger partial charge is 0.486 e. The number of anilines is 1. The van der Waals surface area contributed by atoms with Crippen molar-refractivity contribution < 1.29 is 9.47 Å². The van der Waals surface area contributed by atoms with Crippen LogP contribution >= 0.6 is 0 Å². The summed E-state index contributed by atoms with van der Waals surface area (Å²) in [7, 11) is 0. The van der Waals surface area contributed by atoms with E-state index in [9.17, 15) is 4.79 Å². The number of benzene rings is 2. The first-order chi connectivity index (χ1) is 17.8. The lowest BCUT2D eigenvalue weighted by atomic mass is 9.90. The van der Waals surface area contributed by atoms with E-state index in [2.05, 4.69) is 26.6 Å². The third kappa shape index (κ3) is 3.38. The summed E-state index contributed by atoms with van der Waals surface area (Å²) >= 11 is 0. The van der Waals surface area contributed by atoms with Gasteiger partial charge in [-0.1, -0.05) is 24.3 Å². The molecular weight excluding hydrogens is 456 g/mol. The molecule has 0 unspecified atom stereocenters. The van der Waals surface area contributed by atoms with Gasteiger partial charge < -0.3 is 14.8 Å². The van der Waals surface area contributed by atoms with Crippen LogP contribution in [-0.4, -0.2) is 44.0 Å². The van der Waals surface area contributed by atoms with Crippen molar-refractivity contribution in [1.82, 2.24) is 24.7 Å². The highest BCUT2D eigenvalue weighted by atomic mass is 16.6. The molecule has 7 rings (SSSR count). The Hall–Kier alpha value is -4.40. The zero-order valence-electron chi connectivity index (χ0n) is 19.5. The van der Waals surface area contributed by atoms with Crippen molar-refractivity contribution in [2.75, 3.05) is 18.5 Å². The van der Waals surface area contributed by atoms with E-state index < -0.39 is 0 Å². The minimum atomic E-state index is -0.198. The summed E-state index contributed by atoms with van der Waals surface area (Å²) in [6.45, 7) is 0.877. The number of aryl methyl sites for hydroxylation is 1. The standard InChI is InChI=1S/C27H24N6O3/c34-26-20-14-30-32-24(20)19-13-29-27(28-12-17-15-35-22-10-3-4-11-23(22)36-17)31-25(19)33(26)21-9-5-7-16-6-1-2-8-18(16)21/h3-5,7,9-11,13-14,17H,1-2,6,8,12,15H2,(H,30,32)(H,28,29,31)/t17-/m0/s1. The number of fused-ring (bicyclic) bond motifs is 5. The molecule has 0 spiro atoms. The first-order valence-electron chi connectivity index (χ1n) is 12.2. The van der Waals surface area contributed by atoms with E-state index in [4.69, 9.17) is 14.5 Å². The average Bonchev–Trinajstić information content (AvgIpc) is 3.43. The maximum Gasteiger partial charge on any atom is 0.267 e. The lowest BCUT2D eigenvalue weighted by Crippen LogP contribution is -2.35. The van der Waals surface area contributed by atoms with E-state index >= 15 is 0 Å². The van der Waals surface area contributed by atoms with Gasteiger partial charge in [-0.2, -0.15) is 10.1 Å². The maximum atomic E-state index is 13.7. The molecule has 0 saturated carbocycles. The molecular formula is C27H24N6O3. The summed E-state index contributed by atoms with van der Waals surface area (Å²) in [5.41, 5.74) is 4.36. The van der Waals surface area contributed by atoms with Gasteiger partial charge in [-0.05, 0) is 55.0 Å². The van der Waals surface area contributed by atoms with Gasteiger partial charge in [0.25, 0.3) is 5.56 Å². The lowest BCUT2D eigenvalue weighted by molar-refractivity contribution is 0.0996. The molecule has 1 aliphatic heterocycles. The van der Waals surface area contributed by atoms with Crippen LogP contribution < -0.4 is 20.3 Å². The van der Waals surface area contributed by atoms with E-state index in [0.717, 1.165) is 41.8 Å². The molecule has 9 heteroatoms. The minimum absolute atomic E-state index is 0.143. The van der Waals surface area contributed by atoms with E-state index in [-0.39, 0.29) is 11.7 Å². The van der Waals surface area contributed by atoms with Gasteiger partial charge in [-0.3, -0.25) is 14.5 Å². The van der Waals surface area contributed by atoms with Crippen LogP contribution in [0, 0.1) is 0 Å². The smallest absolute Gasteiger partial charge is 0.267 e. The minimum Gasteiger partial charge on any atom is -0.486 e. The molecule has 2 aliphatic rings. The number of H-pyrrole nitrogens is 1. The number of aromatic amines is 1. The molecule has 180 valence electrons. The van der Waals surface area contributed by atoms with Crippen molar-refractivity contribution in [1.29, 1.82) is 0 Å². The lowest BCUT2D eigenvalue weighted by Gasteiger charge is -2.26. The van der Waals surface area contributed by atoms with Crippen LogP contribution in [0.4, 0.5) is 5.95 Å². The first-order valence-corrected chi connectivity index (χ1v) is 12.2. The van der Waals surface area contributed by atoms with Gasteiger partial charge in [-0.25, -0.2) is 4.98 Å². The fourth-order valence-electron chi connectivity index (χ4n) is 5.23. The third-order valence-corrected chi connectivity index (χ3v) is 6.98. The molecule has 0 radical (unpaired) electrons. The number of hydrogen-bond donors (Lipinski definition) is 2. The normalized spacial score (nSPS) is 16.7. The highest BCUT2D eigenvalue weighted by Gasteiger charge is 2.23. The highest BCUT2D eigenvalue weighted by molar-refractivity contribution is 6.02. The molecule has 2 aromatic carbocycles. The van der Waals surface area contributed by atoms with Crippen LogP contribution in [0.2, 0.25) is 0 Å². The summed E-state index contributed by atoms with van der Waals surface area (Å²) in [5, 5.41) is 11.7. The quantitative estimate of drug-likeness (QED) is 0.403. The van der Waals surface area contributed by atoms with Gasteiger partial charge in [-0.15, -0.1) is 0 Å². The molecule has 0 saturated heterocycles. The van der Waals surface area contributed by atoms with Crippen molar-refractivity contribution >= 4 is 27.9 Å². The SMILES string of the molecule is O=c1c2c[nH]nc2c2cnc(NC[C@H]3COc4ccccc4O3)nc2n1-c1cccc2c1CCCC2. The molecule has 5 aromatic rings. The molecule has 3 aromatic heterocycles. The Bertz CT molecular complexity index is 1670. The number of pyridine rings is 1. The van der Waals surface area contributed by atoms with Crippen molar-refractivity contribution in [3.05, 3.63) is 76.3 Å². The Morgan fingerprint density at radius 1 is 1.06 bits per heavy atom. The third-order valence-electron chi connectivity index (χ3n) is 6.98. The summed E-state index contributed by atoms with van der Waals surface area (Å²) in [4.78, 5) is 23.0.